The summed E-state index contributed by atoms with van der Waals surface area (Å²) < 4.78 is 0.302. The van der Waals surface area contributed by atoms with Gasteiger partial charge in [0.2, 0.25) is 0 Å². The Balaban J connectivity index is 0. The zero-order chi connectivity index (χ0) is 8.69. The standard InChI is InChI=1S/C6H3N3S2.K.H/c7-1-2-11-6(10)5(3-8)4-9;;/h10H,2H2;;. The molecule has 0 saturated carbocycles. The molecular weight excluding hydrogens is 217 g/mol. The van der Waals surface area contributed by atoms with Crippen molar-refractivity contribution in [2.45, 2.75) is 0 Å². The van der Waals surface area contributed by atoms with Crippen molar-refractivity contribution in [3.63, 3.8) is 0 Å². The van der Waals surface area contributed by atoms with Gasteiger partial charge in [0.25, 0.3) is 0 Å². The molecule has 0 rings (SSSR count). The van der Waals surface area contributed by atoms with Crippen LogP contribution in [0.25, 0.3) is 0 Å². The molecule has 0 fully saturated rings. The summed E-state index contributed by atoms with van der Waals surface area (Å²) in [5.41, 5.74) is -0.0476. The number of nitrogens with zero attached hydrogens (tertiary/aromatic N) is 3. The van der Waals surface area contributed by atoms with Crippen LogP contribution in [0, 0.1) is 34.0 Å². The Bertz CT molecular complexity index is 275. The van der Waals surface area contributed by atoms with E-state index in [1.54, 1.807) is 12.1 Å². The summed E-state index contributed by atoms with van der Waals surface area (Å²) in [4.78, 5) is 0. The van der Waals surface area contributed by atoms with Crippen molar-refractivity contribution in [1.29, 1.82) is 15.8 Å². The number of rotatable bonds is 2. The number of allylic oxidation sites excluding steroid dienone is 1. The molecule has 0 saturated heterocycles. The van der Waals surface area contributed by atoms with Crippen LogP contribution in [0.15, 0.2) is 9.81 Å². The van der Waals surface area contributed by atoms with Crippen molar-refractivity contribution < 1.29 is 0 Å². The normalized spacial score (nSPS) is 6.50. The van der Waals surface area contributed by atoms with Gasteiger partial charge in [0.1, 0.15) is 17.7 Å². The molecular formula is C6H4KN3S2. The molecule has 0 aromatic carbocycles. The summed E-state index contributed by atoms with van der Waals surface area (Å²) in [5.74, 6) is 0.200. The van der Waals surface area contributed by atoms with Gasteiger partial charge in [-0.15, -0.1) is 24.4 Å². The Kier molecular flexibility index (Phi) is 12.1. The van der Waals surface area contributed by atoms with E-state index in [9.17, 15) is 0 Å². The van der Waals surface area contributed by atoms with E-state index in [0.29, 0.717) is 4.24 Å². The minimum atomic E-state index is -0.0476. The summed E-state index contributed by atoms with van der Waals surface area (Å²) in [6.07, 6.45) is 0. The van der Waals surface area contributed by atoms with Crippen LogP contribution in [-0.2, 0) is 0 Å². The van der Waals surface area contributed by atoms with Crippen molar-refractivity contribution in [3.05, 3.63) is 9.81 Å². The van der Waals surface area contributed by atoms with E-state index in [4.69, 9.17) is 15.8 Å². The van der Waals surface area contributed by atoms with E-state index in [2.05, 4.69) is 12.6 Å². The summed E-state index contributed by atoms with van der Waals surface area (Å²) in [6.45, 7) is 0. The van der Waals surface area contributed by atoms with E-state index in [1.165, 1.54) is 0 Å². The average Bonchev–Trinajstić information content (AvgIpc) is 2.03. The number of thiol groups is 1. The van der Waals surface area contributed by atoms with Crippen molar-refractivity contribution in [1.82, 2.24) is 0 Å². The number of hydrogen-bond donors (Lipinski definition) is 1. The first kappa shape index (κ1) is 15.0. The van der Waals surface area contributed by atoms with Crippen LogP contribution in [0.3, 0.4) is 0 Å². The Hall–Kier alpha value is 0.546. The monoisotopic (exact) mass is 221 g/mol. The van der Waals surface area contributed by atoms with Crippen molar-refractivity contribution in [2.24, 2.45) is 0 Å². The molecule has 0 aliphatic heterocycles. The number of nitriles is 3. The Labute approximate surface area is 123 Å². The van der Waals surface area contributed by atoms with Crippen LogP contribution < -0.4 is 0 Å². The van der Waals surface area contributed by atoms with Crippen LogP contribution in [0.1, 0.15) is 0 Å². The molecule has 0 aliphatic rings. The predicted molar refractivity (Wildman–Crippen MR) is 52.5 cm³/mol. The quantitative estimate of drug-likeness (QED) is 0.425. The summed E-state index contributed by atoms with van der Waals surface area (Å²) in [5, 5.41) is 24.8. The van der Waals surface area contributed by atoms with Gasteiger partial charge in [-0.05, 0) is 0 Å². The Morgan fingerprint density at radius 1 is 1.25 bits per heavy atom. The second-order valence-corrected chi connectivity index (χ2v) is 3.09. The fraction of sp³-hybridized carbons (Fsp3) is 0.167. The molecule has 0 spiro atoms. The van der Waals surface area contributed by atoms with Crippen molar-refractivity contribution in [3.8, 4) is 18.2 Å². The van der Waals surface area contributed by atoms with E-state index >= 15 is 0 Å². The van der Waals surface area contributed by atoms with Crippen molar-refractivity contribution >= 4 is 75.8 Å². The molecule has 0 aromatic rings. The third-order valence-electron chi connectivity index (χ3n) is 0.711. The van der Waals surface area contributed by atoms with E-state index in [1.807, 2.05) is 6.07 Å². The molecule has 0 aliphatic carbocycles. The van der Waals surface area contributed by atoms with Crippen LogP contribution in [-0.4, -0.2) is 57.1 Å². The zero-order valence-electron chi connectivity index (χ0n) is 5.40. The fourth-order valence-electron chi connectivity index (χ4n) is 0.293. The zero-order valence-corrected chi connectivity index (χ0v) is 7.12. The van der Waals surface area contributed by atoms with Gasteiger partial charge in [-0.1, -0.05) is 0 Å². The van der Waals surface area contributed by atoms with Crippen LogP contribution in [0.4, 0.5) is 0 Å². The number of thioether (sulfide) groups is 1. The minimum absolute atomic E-state index is 0. The molecule has 0 radical (unpaired) electrons. The van der Waals surface area contributed by atoms with Crippen LogP contribution in [0.5, 0.6) is 0 Å². The third kappa shape index (κ3) is 6.11. The first-order valence-electron chi connectivity index (χ1n) is 2.49. The molecule has 0 atom stereocenters. The summed E-state index contributed by atoms with van der Waals surface area (Å²) in [6, 6.07) is 5.21. The molecule has 0 heterocycles. The third-order valence-corrected chi connectivity index (χ3v) is 2.07. The first-order valence-corrected chi connectivity index (χ1v) is 3.92. The first-order chi connectivity index (χ1) is 5.26. The second-order valence-electron chi connectivity index (χ2n) is 1.35. The van der Waals surface area contributed by atoms with Gasteiger partial charge < -0.3 is 0 Å². The second kappa shape index (κ2) is 9.63. The number of hydrogen-bond acceptors (Lipinski definition) is 5. The maximum atomic E-state index is 8.32. The molecule has 0 N–H and O–H groups in total. The molecule has 0 bridgehead atoms. The molecule has 6 heteroatoms. The van der Waals surface area contributed by atoms with Crippen molar-refractivity contribution in [2.75, 3.05) is 5.75 Å². The fourth-order valence-corrected chi connectivity index (χ4v) is 1.02. The van der Waals surface area contributed by atoms with Gasteiger partial charge in [0.05, 0.1) is 16.1 Å². The van der Waals surface area contributed by atoms with E-state index in [-0.39, 0.29) is 62.7 Å². The predicted octanol–water partition coefficient (Wildman–Crippen LogP) is 0.783. The molecule has 3 nitrogen and oxygen atoms in total. The van der Waals surface area contributed by atoms with Gasteiger partial charge >= 0.3 is 51.4 Å². The van der Waals surface area contributed by atoms with Gasteiger partial charge in [0.15, 0.2) is 0 Å². The molecule has 0 amide bonds. The van der Waals surface area contributed by atoms with Crippen LogP contribution >= 0.6 is 24.4 Å². The Morgan fingerprint density at radius 2 is 1.75 bits per heavy atom. The summed E-state index contributed by atoms with van der Waals surface area (Å²) >= 11 is 4.94. The van der Waals surface area contributed by atoms with Gasteiger partial charge in [0, 0.05) is 0 Å². The molecule has 12 heavy (non-hydrogen) atoms. The summed E-state index contributed by atoms with van der Waals surface area (Å²) in [7, 11) is 0. The van der Waals surface area contributed by atoms with E-state index < -0.39 is 0 Å². The maximum absolute atomic E-state index is 8.32. The van der Waals surface area contributed by atoms with Crippen LogP contribution in [0.2, 0.25) is 0 Å². The van der Waals surface area contributed by atoms with Gasteiger partial charge in [-0.2, -0.15) is 15.8 Å². The molecule has 0 unspecified atom stereocenters. The molecule has 56 valence electrons. The Morgan fingerprint density at radius 3 is 2.08 bits per heavy atom. The average molecular weight is 221 g/mol. The van der Waals surface area contributed by atoms with Gasteiger partial charge in [-0.25, -0.2) is 0 Å². The topological polar surface area (TPSA) is 71.4 Å². The van der Waals surface area contributed by atoms with E-state index in [0.717, 1.165) is 11.8 Å². The SMILES string of the molecule is N#CCSC(S)=C(C#N)C#N.[KH]. The molecule has 0 aromatic heterocycles. The van der Waals surface area contributed by atoms with Gasteiger partial charge in [-0.3, -0.25) is 0 Å².